The van der Waals surface area contributed by atoms with Crippen molar-refractivity contribution in [2.75, 3.05) is 23.9 Å². The number of thioether (sulfide) groups is 2. The van der Waals surface area contributed by atoms with Crippen molar-refractivity contribution in [1.82, 2.24) is 9.97 Å². The first-order chi connectivity index (χ1) is 8.13. The maximum absolute atomic E-state index is 4.62. The summed E-state index contributed by atoms with van der Waals surface area (Å²) in [6.45, 7) is 4.28. The maximum Gasteiger partial charge on any atom is 0.145 e. The monoisotopic (exact) mass is 333 g/mol. The molecule has 6 heteroatoms. The summed E-state index contributed by atoms with van der Waals surface area (Å²) in [5, 5.41) is 4.11. The predicted molar refractivity (Wildman–Crippen MR) is 81.1 cm³/mol. The number of rotatable bonds is 2. The smallest absolute Gasteiger partial charge is 0.145 e. The average Bonchev–Trinajstić information content (AvgIpc) is 2.33. The van der Waals surface area contributed by atoms with Crippen LogP contribution >= 0.6 is 39.5 Å². The molecule has 1 aliphatic heterocycles. The standard InChI is InChI=1S/C11H16BrN3S2/c1-6-8(12)10(13-3)15-11(14-6)9-7(2)16-4-5-17-9/h7,9H,4-5H2,1-3H3,(H,13,14,15). The first-order valence-corrected chi connectivity index (χ1v) is 8.47. The molecule has 1 N–H and O–H groups in total. The van der Waals surface area contributed by atoms with Crippen LogP contribution in [0, 0.1) is 6.92 Å². The Morgan fingerprint density at radius 2 is 2.00 bits per heavy atom. The van der Waals surface area contributed by atoms with Crippen molar-refractivity contribution in [2.45, 2.75) is 24.3 Å². The molecule has 0 saturated carbocycles. The molecule has 2 unspecified atom stereocenters. The van der Waals surface area contributed by atoms with Crippen molar-refractivity contribution < 1.29 is 0 Å². The molecular formula is C11H16BrN3S2. The normalized spacial score (nSPS) is 24.7. The second-order valence-electron chi connectivity index (χ2n) is 3.95. The van der Waals surface area contributed by atoms with Gasteiger partial charge >= 0.3 is 0 Å². The van der Waals surface area contributed by atoms with Crippen molar-refractivity contribution in [2.24, 2.45) is 0 Å². The Balaban J connectivity index is 2.34. The van der Waals surface area contributed by atoms with Crippen LogP contribution in [0.1, 0.15) is 23.7 Å². The van der Waals surface area contributed by atoms with Crippen LogP contribution in [0.2, 0.25) is 0 Å². The van der Waals surface area contributed by atoms with Crippen molar-refractivity contribution in [3.8, 4) is 0 Å². The van der Waals surface area contributed by atoms with E-state index in [0.717, 1.165) is 21.8 Å². The first-order valence-electron chi connectivity index (χ1n) is 5.58. The van der Waals surface area contributed by atoms with Gasteiger partial charge in [-0.3, -0.25) is 0 Å². The molecule has 2 heterocycles. The van der Waals surface area contributed by atoms with Gasteiger partial charge in [-0.1, -0.05) is 6.92 Å². The lowest BCUT2D eigenvalue weighted by atomic mass is 10.3. The van der Waals surface area contributed by atoms with E-state index >= 15 is 0 Å². The third-order valence-electron chi connectivity index (χ3n) is 2.71. The third-order valence-corrected chi connectivity index (χ3v) is 6.75. The summed E-state index contributed by atoms with van der Waals surface area (Å²) in [6, 6.07) is 0. The fraction of sp³-hybridized carbons (Fsp3) is 0.636. The molecule has 0 aliphatic carbocycles. The van der Waals surface area contributed by atoms with Gasteiger partial charge in [-0.15, -0.1) is 11.8 Å². The minimum Gasteiger partial charge on any atom is -0.372 e. The summed E-state index contributed by atoms with van der Waals surface area (Å²) in [4.78, 5) is 9.25. The molecule has 17 heavy (non-hydrogen) atoms. The van der Waals surface area contributed by atoms with E-state index in [2.05, 4.69) is 38.1 Å². The van der Waals surface area contributed by atoms with Crippen LogP contribution in [-0.2, 0) is 0 Å². The molecule has 1 saturated heterocycles. The number of aryl methyl sites for hydroxylation is 1. The van der Waals surface area contributed by atoms with Crippen molar-refractivity contribution >= 4 is 45.3 Å². The van der Waals surface area contributed by atoms with E-state index in [4.69, 9.17) is 0 Å². The van der Waals surface area contributed by atoms with E-state index in [1.807, 2.05) is 37.5 Å². The molecule has 1 fully saturated rings. The van der Waals surface area contributed by atoms with Gasteiger partial charge in [-0.25, -0.2) is 9.97 Å². The largest absolute Gasteiger partial charge is 0.372 e. The van der Waals surface area contributed by atoms with E-state index in [-0.39, 0.29) is 0 Å². The minimum atomic E-state index is 0.410. The number of anilines is 1. The molecule has 0 aromatic carbocycles. The van der Waals surface area contributed by atoms with Crippen LogP contribution in [-0.4, -0.2) is 33.8 Å². The van der Waals surface area contributed by atoms with Gasteiger partial charge in [0, 0.05) is 23.8 Å². The van der Waals surface area contributed by atoms with E-state index in [9.17, 15) is 0 Å². The van der Waals surface area contributed by atoms with Crippen molar-refractivity contribution in [1.29, 1.82) is 0 Å². The zero-order chi connectivity index (χ0) is 12.4. The Hall–Kier alpha value is 0.0600. The van der Waals surface area contributed by atoms with Gasteiger partial charge in [-0.05, 0) is 22.9 Å². The summed E-state index contributed by atoms with van der Waals surface area (Å²) in [7, 11) is 1.89. The zero-order valence-electron chi connectivity index (χ0n) is 10.2. The Labute approximate surface area is 119 Å². The molecule has 3 nitrogen and oxygen atoms in total. The van der Waals surface area contributed by atoms with E-state index in [1.54, 1.807) is 0 Å². The third kappa shape index (κ3) is 2.90. The molecule has 2 atom stereocenters. The molecule has 1 aromatic heterocycles. The van der Waals surface area contributed by atoms with Crippen molar-refractivity contribution in [3.63, 3.8) is 0 Å². The van der Waals surface area contributed by atoms with E-state index in [1.165, 1.54) is 11.5 Å². The van der Waals surface area contributed by atoms with Crippen molar-refractivity contribution in [3.05, 3.63) is 16.0 Å². The quantitative estimate of drug-likeness (QED) is 0.896. The number of nitrogens with zero attached hydrogens (tertiary/aromatic N) is 2. The molecule has 0 bridgehead atoms. The summed E-state index contributed by atoms with van der Waals surface area (Å²) in [5.41, 5.74) is 1.00. The van der Waals surface area contributed by atoms with Gasteiger partial charge < -0.3 is 5.32 Å². The SMILES string of the molecule is CNc1nc(C2SCCSC2C)nc(C)c1Br. The Kier molecular flexibility index (Phi) is 4.60. The lowest BCUT2D eigenvalue weighted by Crippen LogP contribution is -2.19. The molecule has 1 aromatic rings. The highest BCUT2D eigenvalue weighted by Gasteiger charge is 2.27. The highest BCUT2D eigenvalue weighted by molar-refractivity contribution is 9.10. The molecular weight excluding hydrogens is 318 g/mol. The van der Waals surface area contributed by atoms with Crippen LogP contribution in [0.3, 0.4) is 0 Å². The van der Waals surface area contributed by atoms with Crippen LogP contribution in [0.5, 0.6) is 0 Å². The summed E-state index contributed by atoms with van der Waals surface area (Å²) >= 11 is 7.49. The van der Waals surface area contributed by atoms with Crippen LogP contribution in [0.25, 0.3) is 0 Å². The van der Waals surface area contributed by atoms with E-state index in [0.29, 0.717) is 10.5 Å². The lowest BCUT2D eigenvalue weighted by molar-refractivity contribution is 0.813. The first kappa shape index (κ1) is 13.5. The fourth-order valence-electron chi connectivity index (χ4n) is 1.79. The highest BCUT2D eigenvalue weighted by atomic mass is 79.9. The fourth-order valence-corrected chi connectivity index (χ4v) is 4.85. The number of hydrogen-bond donors (Lipinski definition) is 1. The number of aromatic nitrogens is 2. The number of hydrogen-bond acceptors (Lipinski definition) is 5. The summed E-state index contributed by atoms with van der Waals surface area (Å²) in [5.74, 6) is 4.26. The van der Waals surface area contributed by atoms with Gasteiger partial charge in [0.2, 0.25) is 0 Å². The molecule has 2 rings (SSSR count). The van der Waals surface area contributed by atoms with Crippen LogP contribution in [0.4, 0.5) is 5.82 Å². The second kappa shape index (κ2) is 5.80. The predicted octanol–water partition coefficient (Wildman–Crippen LogP) is 3.50. The second-order valence-corrected chi connectivity index (χ2v) is 7.47. The Morgan fingerprint density at radius 1 is 1.29 bits per heavy atom. The molecule has 0 radical (unpaired) electrons. The van der Waals surface area contributed by atoms with Gasteiger partial charge in [0.1, 0.15) is 11.6 Å². The molecule has 94 valence electrons. The molecule has 1 aliphatic rings. The average molecular weight is 334 g/mol. The van der Waals surface area contributed by atoms with E-state index < -0.39 is 0 Å². The van der Waals surface area contributed by atoms with Gasteiger partial charge in [0.25, 0.3) is 0 Å². The van der Waals surface area contributed by atoms with Gasteiger partial charge in [0.15, 0.2) is 0 Å². The van der Waals surface area contributed by atoms with Crippen LogP contribution in [0.15, 0.2) is 4.47 Å². The van der Waals surface area contributed by atoms with Crippen LogP contribution < -0.4 is 5.32 Å². The highest BCUT2D eigenvalue weighted by Crippen LogP contribution is 2.41. The lowest BCUT2D eigenvalue weighted by Gasteiger charge is -2.27. The molecule has 0 amide bonds. The summed E-state index contributed by atoms with van der Waals surface area (Å²) in [6.07, 6.45) is 0. The number of halogens is 1. The minimum absolute atomic E-state index is 0.410. The number of nitrogens with one attached hydrogen (secondary N) is 1. The van der Waals surface area contributed by atoms with Gasteiger partial charge in [-0.2, -0.15) is 11.8 Å². The van der Waals surface area contributed by atoms with Gasteiger partial charge in [0.05, 0.1) is 15.4 Å². The maximum atomic E-state index is 4.62. The topological polar surface area (TPSA) is 37.8 Å². The summed E-state index contributed by atoms with van der Waals surface area (Å²) < 4.78 is 0.963. The molecule has 0 spiro atoms. The zero-order valence-corrected chi connectivity index (χ0v) is 13.4. The Bertz CT molecular complexity index is 414. The Morgan fingerprint density at radius 3 is 2.65 bits per heavy atom.